The molecule has 0 spiro atoms. The lowest BCUT2D eigenvalue weighted by molar-refractivity contribution is 0.600. The molecule has 0 unspecified atom stereocenters. The van der Waals surface area contributed by atoms with Gasteiger partial charge in [0.25, 0.3) is 10.0 Å². The number of nitrogens with zero attached hydrogens (tertiary/aromatic N) is 2. The SMILES string of the molecule is Nc1cc(Cl)cc(S(=O)(=O)Nc2cccnn2)c1Br. The van der Waals surface area contributed by atoms with Crippen molar-refractivity contribution in [2.45, 2.75) is 4.90 Å². The lowest BCUT2D eigenvalue weighted by atomic mass is 10.3. The molecule has 6 nitrogen and oxygen atoms in total. The van der Waals surface area contributed by atoms with Gasteiger partial charge in [-0.05, 0) is 40.2 Å². The second-order valence-electron chi connectivity index (χ2n) is 3.52. The van der Waals surface area contributed by atoms with Crippen molar-refractivity contribution >= 4 is 49.1 Å². The zero-order valence-corrected chi connectivity index (χ0v) is 12.5. The summed E-state index contributed by atoms with van der Waals surface area (Å²) in [7, 11) is -3.85. The van der Waals surface area contributed by atoms with Crippen LogP contribution in [0.15, 0.2) is 39.8 Å². The van der Waals surface area contributed by atoms with Crippen molar-refractivity contribution in [3.05, 3.63) is 40.0 Å². The maximum atomic E-state index is 12.2. The van der Waals surface area contributed by atoms with E-state index in [2.05, 4.69) is 30.8 Å². The van der Waals surface area contributed by atoms with E-state index in [4.69, 9.17) is 17.3 Å². The molecule has 100 valence electrons. The Morgan fingerprint density at radius 2 is 2.11 bits per heavy atom. The molecule has 0 radical (unpaired) electrons. The molecule has 2 rings (SSSR count). The predicted molar refractivity (Wildman–Crippen MR) is 76.4 cm³/mol. The largest absolute Gasteiger partial charge is 0.398 e. The molecule has 0 aliphatic carbocycles. The van der Waals surface area contributed by atoms with Crippen LogP contribution in [0.3, 0.4) is 0 Å². The summed E-state index contributed by atoms with van der Waals surface area (Å²) in [6.07, 6.45) is 1.44. The van der Waals surface area contributed by atoms with Crippen molar-refractivity contribution < 1.29 is 8.42 Å². The summed E-state index contributed by atoms with van der Waals surface area (Å²) >= 11 is 8.93. The van der Waals surface area contributed by atoms with Gasteiger partial charge in [0, 0.05) is 16.9 Å². The van der Waals surface area contributed by atoms with Crippen LogP contribution in [0, 0.1) is 0 Å². The molecule has 19 heavy (non-hydrogen) atoms. The van der Waals surface area contributed by atoms with Crippen LogP contribution >= 0.6 is 27.5 Å². The van der Waals surface area contributed by atoms with Gasteiger partial charge >= 0.3 is 0 Å². The summed E-state index contributed by atoms with van der Waals surface area (Å²) in [4.78, 5) is -0.0665. The van der Waals surface area contributed by atoms with Crippen LogP contribution < -0.4 is 10.5 Å². The first-order chi connectivity index (χ1) is 8.90. The van der Waals surface area contributed by atoms with Crippen LogP contribution in [-0.2, 0) is 10.0 Å². The molecule has 0 saturated heterocycles. The molecule has 1 heterocycles. The van der Waals surface area contributed by atoms with Crippen molar-refractivity contribution in [2.75, 3.05) is 10.5 Å². The summed E-state index contributed by atoms with van der Waals surface area (Å²) < 4.78 is 26.9. The third kappa shape index (κ3) is 3.14. The molecule has 1 aromatic heterocycles. The number of aromatic nitrogens is 2. The Labute approximate surface area is 123 Å². The minimum atomic E-state index is -3.85. The number of nitrogens with one attached hydrogen (secondary N) is 1. The summed E-state index contributed by atoms with van der Waals surface area (Å²) in [6.45, 7) is 0. The van der Waals surface area contributed by atoms with Crippen LogP contribution in [-0.4, -0.2) is 18.6 Å². The lowest BCUT2D eigenvalue weighted by Crippen LogP contribution is -2.15. The molecule has 2 aromatic rings. The predicted octanol–water partition coefficient (Wildman–Crippen LogP) is 2.28. The van der Waals surface area contributed by atoms with Gasteiger partial charge in [0.2, 0.25) is 0 Å². The summed E-state index contributed by atoms with van der Waals surface area (Å²) in [6, 6.07) is 5.78. The van der Waals surface area contributed by atoms with E-state index in [-0.39, 0.29) is 25.9 Å². The topological polar surface area (TPSA) is 98.0 Å². The molecule has 0 atom stereocenters. The van der Waals surface area contributed by atoms with Gasteiger partial charge in [0.1, 0.15) is 4.90 Å². The first kappa shape index (κ1) is 14.0. The van der Waals surface area contributed by atoms with Gasteiger partial charge in [-0.25, -0.2) is 8.42 Å². The van der Waals surface area contributed by atoms with E-state index in [0.717, 1.165) is 0 Å². The number of nitrogens with two attached hydrogens (primary N) is 1. The standard InChI is InChI=1S/C10H8BrClN4O2S/c11-10-7(13)4-6(12)5-8(10)19(17,18)16-9-2-1-3-14-15-9/h1-5H,13H2,(H,15,16). The highest BCUT2D eigenvalue weighted by Crippen LogP contribution is 2.32. The van der Waals surface area contributed by atoms with Gasteiger partial charge in [-0.3, -0.25) is 4.72 Å². The van der Waals surface area contributed by atoms with E-state index in [1.807, 2.05) is 0 Å². The normalized spacial score (nSPS) is 11.3. The molecule has 1 aromatic carbocycles. The number of halogens is 2. The Bertz CT molecular complexity index is 709. The minimum Gasteiger partial charge on any atom is -0.398 e. The molecule has 0 saturated carbocycles. The summed E-state index contributed by atoms with van der Waals surface area (Å²) in [5.41, 5.74) is 5.89. The lowest BCUT2D eigenvalue weighted by Gasteiger charge is -2.10. The highest BCUT2D eigenvalue weighted by atomic mass is 79.9. The maximum absolute atomic E-state index is 12.2. The zero-order chi connectivity index (χ0) is 14.0. The van der Waals surface area contributed by atoms with Gasteiger partial charge in [-0.2, -0.15) is 5.10 Å². The van der Waals surface area contributed by atoms with E-state index in [0.29, 0.717) is 0 Å². The first-order valence-electron chi connectivity index (χ1n) is 4.95. The van der Waals surface area contributed by atoms with Crippen molar-refractivity contribution in [2.24, 2.45) is 0 Å². The van der Waals surface area contributed by atoms with Crippen LogP contribution in [0.5, 0.6) is 0 Å². The van der Waals surface area contributed by atoms with E-state index >= 15 is 0 Å². The number of hydrogen-bond donors (Lipinski definition) is 2. The molecule has 9 heteroatoms. The van der Waals surface area contributed by atoms with Gasteiger partial charge in [0.15, 0.2) is 5.82 Å². The van der Waals surface area contributed by atoms with Gasteiger partial charge in [-0.15, -0.1) is 5.10 Å². The Kier molecular flexibility index (Phi) is 3.93. The molecule has 0 aliphatic rings. The van der Waals surface area contributed by atoms with Gasteiger partial charge in [0.05, 0.1) is 4.47 Å². The number of sulfonamides is 1. The number of nitrogen functional groups attached to an aromatic ring is 1. The Balaban J connectivity index is 2.46. The maximum Gasteiger partial charge on any atom is 0.264 e. The third-order valence-electron chi connectivity index (χ3n) is 2.13. The Morgan fingerprint density at radius 3 is 2.74 bits per heavy atom. The Morgan fingerprint density at radius 1 is 1.37 bits per heavy atom. The summed E-state index contributed by atoms with van der Waals surface area (Å²) in [5, 5.41) is 7.45. The number of hydrogen-bond acceptors (Lipinski definition) is 5. The van der Waals surface area contributed by atoms with E-state index < -0.39 is 10.0 Å². The Hall–Kier alpha value is -1.38. The van der Waals surface area contributed by atoms with E-state index in [9.17, 15) is 8.42 Å². The monoisotopic (exact) mass is 362 g/mol. The summed E-state index contributed by atoms with van der Waals surface area (Å²) in [5.74, 6) is 0.105. The number of benzene rings is 1. The quantitative estimate of drug-likeness (QED) is 0.815. The van der Waals surface area contributed by atoms with Crippen molar-refractivity contribution in [3.8, 4) is 0 Å². The minimum absolute atomic E-state index is 0.0665. The smallest absolute Gasteiger partial charge is 0.264 e. The average molecular weight is 364 g/mol. The fourth-order valence-electron chi connectivity index (χ4n) is 1.33. The van der Waals surface area contributed by atoms with E-state index in [1.54, 1.807) is 6.07 Å². The number of anilines is 2. The number of rotatable bonds is 3. The second kappa shape index (κ2) is 5.32. The molecular formula is C10H8BrClN4O2S. The highest BCUT2D eigenvalue weighted by Gasteiger charge is 2.20. The molecule has 0 fully saturated rings. The average Bonchev–Trinajstić information content (AvgIpc) is 2.34. The third-order valence-corrected chi connectivity index (χ3v) is 4.88. The van der Waals surface area contributed by atoms with Gasteiger partial charge < -0.3 is 5.73 Å². The zero-order valence-electron chi connectivity index (χ0n) is 9.34. The van der Waals surface area contributed by atoms with E-state index in [1.165, 1.54) is 24.4 Å². The molecule has 0 amide bonds. The van der Waals surface area contributed by atoms with Crippen LogP contribution in [0.1, 0.15) is 0 Å². The second-order valence-corrected chi connectivity index (χ2v) is 6.40. The van der Waals surface area contributed by atoms with Crippen molar-refractivity contribution in [3.63, 3.8) is 0 Å². The highest BCUT2D eigenvalue weighted by molar-refractivity contribution is 9.10. The molecule has 0 bridgehead atoms. The van der Waals surface area contributed by atoms with Gasteiger partial charge in [-0.1, -0.05) is 11.6 Å². The fourth-order valence-corrected chi connectivity index (χ4v) is 3.62. The first-order valence-corrected chi connectivity index (χ1v) is 7.60. The molecule has 0 aliphatic heterocycles. The van der Waals surface area contributed by atoms with Crippen molar-refractivity contribution in [1.29, 1.82) is 0 Å². The molecule has 3 N–H and O–H groups in total. The molecular weight excluding hydrogens is 356 g/mol. The van der Waals surface area contributed by atoms with Crippen molar-refractivity contribution in [1.82, 2.24) is 10.2 Å². The van der Waals surface area contributed by atoms with Crippen LogP contribution in [0.25, 0.3) is 0 Å². The van der Waals surface area contributed by atoms with Crippen LogP contribution in [0.2, 0.25) is 5.02 Å². The fraction of sp³-hybridized carbons (Fsp3) is 0. The van der Waals surface area contributed by atoms with Crippen LogP contribution in [0.4, 0.5) is 11.5 Å².